The average Bonchev–Trinajstić information content (AvgIpc) is 1.82. The monoisotopic (exact) mass is 143 g/mol. The predicted molar refractivity (Wildman–Crippen MR) is 37.8 cm³/mol. The molecular formula is C7H13NO2. The molecule has 0 aliphatic carbocycles. The molecule has 0 aliphatic rings. The second-order valence-corrected chi connectivity index (χ2v) is 2.76. The van der Waals surface area contributed by atoms with Crippen LogP contribution >= 0.6 is 0 Å². The van der Waals surface area contributed by atoms with Crippen molar-refractivity contribution in [1.29, 1.82) is 0 Å². The number of rotatable bonds is 5. The van der Waals surface area contributed by atoms with Crippen LogP contribution < -0.4 is 5.48 Å². The summed E-state index contributed by atoms with van der Waals surface area (Å²) in [6.07, 6.45) is 0.932. The van der Waals surface area contributed by atoms with Gasteiger partial charge in [-0.05, 0) is 24.7 Å². The van der Waals surface area contributed by atoms with Crippen molar-refractivity contribution in [2.45, 2.75) is 33.2 Å². The maximum absolute atomic E-state index is 9.55. The van der Waals surface area contributed by atoms with E-state index in [0.717, 1.165) is 6.42 Å². The highest BCUT2D eigenvalue weighted by molar-refractivity contribution is 5.37. The number of hydrogen-bond donors (Lipinski definition) is 0. The molecule has 0 saturated heterocycles. The number of hydroxylamine groups is 1. The quantitative estimate of drug-likeness (QED) is 0.539. The molecule has 0 spiro atoms. The van der Waals surface area contributed by atoms with Crippen LogP contribution in [0.2, 0.25) is 0 Å². The lowest BCUT2D eigenvalue weighted by molar-refractivity contribution is 0.119. The predicted octanol–water partition coefficient (Wildman–Crippen LogP) is 1.02. The highest BCUT2D eigenvalue weighted by atomic mass is 16.7. The average molecular weight is 143 g/mol. The fourth-order valence-corrected chi connectivity index (χ4v) is 0.837. The third-order valence-electron chi connectivity index (χ3n) is 1.08. The second-order valence-electron chi connectivity index (χ2n) is 2.76. The molecule has 10 heavy (non-hydrogen) atoms. The molecule has 0 fully saturated rings. The summed E-state index contributed by atoms with van der Waals surface area (Å²) in [6, 6.07) is 0.0847. The Morgan fingerprint density at radius 1 is 1.50 bits per heavy atom. The van der Waals surface area contributed by atoms with Gasteiger partial charge in [-0.15, -0.1) is 0 Å². The molecule has 3 nitrogen and oxygen atoms in total. The Morgan fingerprint density at radius 2 is 2.10 bits per heavy atom. The van der Waals surface area contributed by atoms with Gasteiger partial charge < -0.3 is 4.84 Å². The number of carbonyl (C=O) groups excluding carboxylic acids is 1. The molecule has 58 valence electrons. The van der Waals surface area contributed by atoms with Gasteiger partial charge in [0.2, 0.25) is 0 Å². The minimum atomic E-state index is 0.0847. The van der Waals surface area contributed by atoms with E-state index in [9.17, 15) is 4.79 Å². The van der Waals surface area contributed by atoms with Crippen LogP contribution in [0.4, 0.5) is 0 Å². The first-order valence-corrected chi connectivity index (χ1v) is 3.40. The molecule has 0 aromatic heterocycles. The van der Waals surface area contributed by atoms with Gasteiger partial charge in [-0.25, -0.2) is 4.79 Å². The zero-order valence-corrected chi connectivity index (χ0v) is 6.63. The number of nitrogens with zero attached hydrogens (tertiary/aromatic N) is 1. The highest BCUT2D eigenvalue weighted by Crippen LogP contribution is 2.03. The third-order valence-corrected chi connectivity index (χ3v) is 1.08. The molecule has 3 heteroatoms. The standard InChI is InChI=1S/C7H13NO2/c1-6(2)4-7(3)8-10-5-9/h6-7H,4H2,1-3H3. The van der Waals surface area contributed by atoms with Gasteiger partial charge >= 0.3 is 6.47 Å². The normalized spacial score (nSPS) is 13.2. The minimum Gasteiger partial charge on any atom is -0.340 e. The van der Waals surface area contributed by atoms with E-state index in [1.807, 2.05) is 6.92 Å². The first kappa shape index (κ1) is 9.43. The lowest BCUT2D eigenvalue weighted by Gasteiger charge is -2.09. The first-order chi connectivity index (χ1) is 4.66. The van der Waals surface area contributed by atoms with Gasteiger partial charge in [0.05, 0.1) is 6.04 Å². The zero-order valence-electron chi connectivity index (χ0n) is 6.63. The molecule has 0 heterocycles. The van der Waals surface area contributed by atoms with E-state index in [1.165, 1.54) is 6.47 Å². The van der Waals surface area contributed by atoms with Gasteiger partial charge in [-0.2, -0.15) is 0 Å². The maximum atomic E-state index is 9.55. The van der Waals surface area contributed by atoms with Crippen LogP contribution in [-0.4, -0.2) is 12.5 Å². The zero-order chi connectivity index (χ0) is 7.98. The van der Waals surface area contributed by atoms with Crippen LogP contribution in [0, 0.1) is 5.92 Å². The fourth-order valence-electron chi connectivity index (χ4n) is 0.837. The van der Waals surface area contributed by atoms with Crippen molar-refractivity contribution in [3.63, 3.8) is 0 Å². The van der Waals surface area contributed by atoms with E-state index >= 15 is 0 Å². The lowest BCUT2D eigenvalue weighted by Crippen LogP contribution is -2.20. The molecule has 1 atom stereocenters. The maximum Gasteiger partial charge on any atom is 0.439 e. The van der Waals surface area contributed by atoms with Gasteiger partial charge in [0, 0.05) is 0 Å². The second kappa shape index (κ2) is 5.23. The van der Waals surface area contributed by atoms with Crippen LogP contribution in [-0.2, 0) is 9.63 Å². The van der Waals surface area contributed by atoms with Crippen LogP contribution in [0.25, 0.3) is 0 Å². The topological polar surface area (TPSA) is 40.4 Å². The smallest absolute Gasteiger partial charge is 0.340 e. The van der Waals surface area contributed by atoms with E-state index < -0.39 is 0 Å². The van der Waals surface area contributed by atoms with Crippen molar-refractivity contribution < 1.29 is 9.63 Å². The van der Waals surface area contributed by atoms with E-state index in [0.29, 0.717) is 5.92 Å². The van der Waals surface area contributed by atoms with Crippen molar-refractivity contribution in [1.82, 2.24) is 5.48 Å². The Kier molecular flexibility index (Phi) is 4.94. The minimum absolute atomic E-state index is 0.0847. The molecule has 1 unspecified atom stereocenters. The van der Waals surface area contributed by atoms with Crippen molar-refractivity contribution in [3.8, 4) is 0 Å². The Hall–Kier alpha value is -0.570. The SMILES string of the molecule is CC(C)CC(C)[N]O[C]=O. The molecule has 0 aromatic rings. The third kappa shape index (κ3) is 5.56. The molecule has 0 saturated carbocycles. The molecule has 0 rings (SSSR count). The molecule has 2 radical (unpaired) electrons. The van der Waals surface area contributed by atoms with Crippen LogP contribution in [0.5, 0.6) is 0 Å². The molecule has 0 aromatic carbocycles. The van der Waals surface area contributed by atoms with E-state index in [-0.39, 0.29) is 6.04 Å². The van der Waals surface area contributed by atoms with Crippen molar-refractivity contribution in [2.24, 2.45) is 5.92 Å². The van der Waals surface area contributed by atoms with E-state index in [2.05, 4.69) is 24.2 Å². The first-order valence-electron chi connectivity index (χ1n) is 3.40. The summed E-state index contributed by atoms with van der Waals surface area (Å²) in [5, 5.41) is 0. The van der Waals surface area contributed by atoms with Crippen LogP contribution in [0.15, 0.2) is 0 Å². The van der Waals surface area contributed by atoms with E-state index in [4.69, 9.17) is 0 Å². The Morgan fingerprint density at radius 3 is 2.50 bits per heavy atom. The lowest BCUT2D eigenvalue weighted by atomic mass is 10.1. The molecule has 0 bridgehead atoms. The van der Waals surface area contributed by atoms with E-state index in [1.54, 1.807) is 0 Å². The summed E-state index contributed by atoms with van der Waals surface area (Å²) >= 11 is 0. The highest BCUT2D eigenvalue weighted by Gasteiger charge is 2.05. The number of hydrogen-bond acceptors (Lipinski definition) is 2. The summed E-state index contributed by atoms with van der Waals surface area (Å²) < 4.78 is 0. The molecule has 0 N–H and O–H groups in total. The summed E-state index contributed by atoms with van der Waals surface area (Å²) in [5.74, 6) is 0.578. The molecule has 0 amide bonds. The molecule has 0 aliphatic heterocycles. The van der Waals surface area contributed by atoms with Gasteiger partial charge in [0.15, 0.2) is 0 Å². The largest absolute Gasteiger partial charge is 0.439 e. The van der Waals surface area contributed by atoms with Crippen molar-refractivity contribution in [2.75, 3.05) is 0 Å². The van der Waals surface area contributed by atoms with Crippen LogP contribution in [0.3, 0.4) is 0 Å². The Labute approximate surface area is 61.7 Å². The summed E-state index contributed by atoms with van der Waals surface area (Å²) in [5.41, 5.74) is 3.56. The van der Waals surface area contributed by atoms with Crippen molar-refractivity contribution >= 4 is 6.47 Å². The summed E-state index contributed by atoms with van der Waals surface area (Å²) in [7, 11) is 0. The van der Waals surface area contributed by atoms with Crippen molar-refractivity contribution in [3.05, 3.63) is 0 Å². The van der Waals surface area contributed by atoms with Gasteiger partial charge in [-0.3, -0.25) is 0 Å². The van der Waals surface area contributed by atoms with Gasteiger partial charge in [-0.1, -0.05) is 13.8 Å². The summed E-state index contributed by atoms with van der Waals surface area (Å²) in [4.78, 5) is 13.7. The fraction of sp³-hybridized carbons (Fsp3) is 0.857. The molecular weight excluding hydrogens is 130 g/mol. The van der Waals surface area contributed by atoms with Crippen LogP contribution in [0.1, 0.15) is 27.2 Å². The van der Waals surface area contributed by atoms with Gasteiger partial charge in [0.1, 0.15) is 0 Å². The summed E-state index contributed by atoms with van der Waals surface area (Å²) in [6.45, 7) is 7.34. The van der Waals surface area contributed by atoms with Gasteiger partial charge in [0.25, 0.3) is 0 Å². The Balaban J connectivity index is 3.24. The Bertz CT molecular complexity index is 93.6.